The van der Waals surface area contributed by atoms with Gasteiger partial charge in [-0.1, -0.05) is 92.7 Å². The van der Waals surface area contributed by atoms with Crippen LogP contribution in [0.5, 0.6) is 0 Å². The van der Waals surface area contributed by atoms with E-state index in [9.17, 15) is 9.59 Å². The molecule has 48 heavy (non-hydrogen) atoms. The highest BCUT2D eigenvalue weighted by Gasteiger charge is 2.40. The fraction of sp³-hybridized carbons (Fsp3) is 0.390. The molecule has 7 nitrogen and oxygen atoms in total. The summed E-state index contributed by atoms with van der Waals surface area (Å²) in [7, 11) is 0. The molecule has 3 atom stereocenters. The zero-order chi connectivity index (χ0) is 35.0. The van der Waals surface area contributed by atoms with Gasteiger partial charge in [-0.15, -0.1) is 0 Å². The van der Waals surface area contributed by atoms with Gasteiger partial charge in [0.15, 0.2) is 0 Å². The number of benzene rings is 4. The Morgan fingerprint density at radius 1 is 0.771 bits per heavy atom. The first-order valence-electron chi connectivity index (χ1n) is 16.9. The quantitative estimate of drug-likeness (QED) is 0.160. The molecular weight excluding hydrogens is 598 g/mol. The highest BCUT2D eigenvalue weighted by Crippen LogP contribution is 2.33. The molecule has 7 heteroatoms. The average molecular weight is 650 g/mol. The van der Waals surface area contributed by atoms with Crippen LogP contribution >= 0.6 is 0 Å². The van der Waals surface area contributed by atoms with Gasteiger partial charge in [-0.05, 0) is 105 Å². The highest BCUT2D eigenvalue weighted by atomic mass is 16.6. The first kappa shape index (κ1) is 36.2. The Balaban J connectivity index is 1.84. The summed E-state index contributed by atoms with van der Waals surface area (Å²) in [6.07, 6.45) is 1.09. The Hall–Kier alpha value is -4.65. The topological polar surface area (TPSA) is 87.7 Å². The Bertz CT molecular complexity index is 1690. The second-order valence-electron chi connectivity index (χ2n) is 14.2. The molecule has 4 aromatic carbocycles. The molecule has 0 fully saturated rings. The van der Waals surface area contributed by atoms with Crippen LogP contribution in [-0.2, 0) is 20.7 Å². The molecule has 4 aromatic rings. The molecule has 0 aromatic heterocycles. The summed E-state index contributed by atoms with van der Waals surface area (Å²) in [4.78, 5) is 44.7. The van der Waals surface area contributed by atoms with Crippen LogP contribution < -0.4 is 10.6 Å². The fourth-order valence-corrected chi connectivity index (χ4v) is 6.13. The van der Waals surface area contributed by atoms with Crippen LogP contribution in [0.3, 0.4) is 0 Å². The van der Waals surface area contributed by atoms with E-state index in [4.69, 9.17) is 4.74 Å². The number of fused-ring (bicyclic) bond motifs is 1. The van der Waals surface area contributed by atoms with E-state index in [0.717, 1.165) is 39.4 Å². The maximum absolute atomic E-state index is 15.1. The van der Waals surface area contributed by atoms with Gasteiger partial charge >= 0.3 is 6.09 Å². The predicted molar refractivity (Wildman–Crippen MR) is 195 cm³/mol. The van der Waals surface area contributed by atoms with E-state index in [1.165, 1.54) is 0 Å². The molecule has 0 saturated carbocycles. The summed E-state index contributed by atoms with van der Waals surface area (Å²) < 4.78 is 5.62. The molecule has 0 aliphatic heterocycles. The third-order valence-corrected chi connectivity index (χ3v) is 8.52. The van der Waals surface area contributed by atoms with Crippen LogP contribution in [-0.4, -0.2) is 40.5 Å². The average Bonchev–Trinajstić information content (AvgIpc) is 3.02. The lowest BCUT2D eigenvalue weighted by Crippen LogP contribution is -2.56. The number of ether oxygens (including phenoxy) is 1. The van der Waals surface area contributed by atoms with Gasteiger partial charge in [0.2, 0.25) is 5.91 Å². The number of nitrogens with zero attached hydrogens (tertiary/aromatic N) is 1. The lowest BCUT2D eigenvalue weighted by Gasteiger charge is -2.40. The van der Waals surface area contributed by atoms with Crippen molar-refractivity contribution in [2.75, 3.05) is 5.32 Å². The lowest BCUT2D eigenvalue weighted by atomic mass is 9.91. The fourth-order valence-electron chi connectivity index (χ4n) is 6.13. The zero-order valence-corrected chi connectivity index (χ0v) is 29.7. The predicted octanol–water partition coefficient (Wildman–Crippen LogP) is 8.93. The van der Waals surface area contributed by atoms with Crippen LogP contribution in [0, 0.1) is 19.8 Å². The minimum Gasteiger partial charge on any atom is -0.444 e. The van der Waals surface area contributed by atoms with E-state index in [0.29, 0.717) is 18.0 Å². The normalized spacial score (nSPS) is 13.4. The third-order valence-electron chi connectivity index (χ3n) is 8.52. The van der Waals surface area contributed by atoms with Crippen molar-refractivity contribution in [2.45, 2.75) is 98.4 Å². The number of aryl methyl sites for hydroxylation is 2. The number of carbonyl (C=O) groups is 3. The molecule has 0 saturated heterocycles. The van der Waals surface area contributed by atoms with Crippen molar-refractivity contribution in [3.8, 4) is 0 Å². The van der Waals surface area contributed by atoms with Crippen molar-refractivity contribution in [1.29, 1.82) is 0 Å². The van der Waals surface area contributed by atoms with Crippen LogP contribution in [0.1, 0.15) is 82.7 Å². The molecule has 2 N–H and O–H groups in total. The number of hydrogen-bond donors (Lipinski definition) is 2. The minimum absolute atomic E-state index is 0.234. The summed E-state index contributed by atoms with van der Waals surface area (Å²) in [6, 6.07) is 27.0. The zero-order valence-electron chi connectivity index (χ0n) is 29.7. The van der Waals surface area contributed by atoms with Gasteiger partial charge in [0, 0.05) is 18.2 Å². The molecule has 0 spiro atoms. The maximum atomic E-state index is 15.1. The van der Waals surface area contributed by atoms with Gasteiger partial charge in [-0.25, -0.2) is 4.79 Å². The minimum atomic E-state index is -0.982. The molecular formula is C41H51N3O4. The van der Waals surface area contributed by atoms with Crippen molar-refractivity contribution in [3.63, 3.8) is 0 Å². The standard InChI is InChI=1S/C41H51N3O4/c1-27(2)21-22-30(5)44(39(46)35(25-31-17-10-9-11-18-31)43-40(47)48-41(6,7)8)37(36-28(3)15-14-16-29(36)4)38(45)42-34-24-23-32-19-12-13-20-33(32)26-34/h9-20,23-24,26-27,30,35,37H,21-22,25H2,1-8H3,(H,42,45)(H,43,47). The van der Waals surface area contributed by atoms with Gasteiger partial charge in [0.1, 0.15) is 17.7 Å². The Morgan fingerprint density at radius 2 is 1.40 bits per heavy atom. The van der Waals surface area contributed by atoms with Crippen LogP contribution in [0.25, 0.3) is 10.8 Å². The lowest BCUT2D eigenvalue weighted by molar-refractivity contribution is -0.143. The second-order valence-corrected chi connectivity index (χ2v) is 14.2. The van der Waals surface area contributed by atoms with Crippen LogP contribution in [0.2, 0.25) is 0 Å². The number of anilines is 1. The summed E-state index contributed by atoms with van der Waals surface area (Å²) in [5.41, 5.74) is 3.35. The molecule has 0 aliphatic rings. The first-order chi connectivity index (χ1) is 22.7. The maximum Gasteiger partial charge on any atom is 0.408 e. The molecule has 0 heterocycles. The van der Waals surface area contributed by atoms with Gasteiger partial charge in [0.25, 0.3) is 5.91 Å². The Kier molecular flexibility index (Phi) is 12.0. The molecule has 4 rings (SSSR count). The molecule has 3 unspecified atom stereocenters. The van der Waals surface area contributed by atoms with Gasteiger partial charge < -0.3 is 20.3 Å². The molecule has 0 radical (unpaired) electrons. The van der Waals surface area contributed by atoms with Crippen molar-refractivity contribution in [3.05, 3.63) is 113 Å². The smallest absolute Gasteiger partial charge is 0.408 e. The van der Waals surface area contributed by atoms with Gasteiger partial charge in [0.05, 0.1) is 0 Å². The molecule has 3 amide bonds. The summed E-state index contributed by atoms with van der Waals surface area (Å²) in [5, 5.41) is 8.11. The summed E-state index contributed by atoms with van der Waals surface area (Å²) in [6.45, 7) is 15.6. The van der Waals surface area contributed by atoms with Crippen LogP contribution in [0.15, 0.2) is 91.0 Å². The number of carbonyl (C=O) groups excluding carboxylic acids is 3. The van der Waals surface area contributed by atoms with E-state index in [1.807, 2.05) is 112 Å². The Morgan fingerprint density at radius 3 is 2.02 bits per heavy atom. The van der Waals surface area contributed by atoms with E-state index in [2.05, 4.69) is 24.5 Å². The number of nitrogens with one attached hydrogen (secondary N) is 2. The molecule has 254 valence electrons. The van der Waals surface area contributed by atoms with E-state index in [1.54, 1.807) is 25.7 Å². The van der Waals surface area contributed by atoms with E-state index >= 15 is 4.79 Å². The third kappa shape index (κ3) is 9.69. The van der Waals surface area contributed by atoms with E-state index in [-0.39, 0.29) is 24.3 Å². The van der Waals surface area contributed by atoms with Crippen molar-refractivity contribution < 1.29 is 19.1 Å². The molecule has 0 aliphatic carbocycles. The SMILES string of the molecule is Cc1cccc(C)c1C(C(=O)Nc1ccc2ccccc2c1)N(C(=O)C(Cc1ccccc1)NC(=O)OC(C)(C)C)C(C)CCC(C)C. The largest absolute Gasteiger partial charge is 0.444 e. The molecule has 0 bridgehead atoms. The van der Waals surface area contributed by atoms with Crippen molar-refractivity contribution in [2.24, 2.45) is 5.92 Å². The highest BCUT2D eigenvalue weighted by molar-refractivity contribution is 6.01. The van der Waals surface area contributed by atoms with Crippen molar-refractivity contribution >= 4 is 34.4 Å². The van der Waals surface area contributed by atoms with Crippen molar-refractivity contribution in [1.82, 2.24) is 10.2 Å². The van der Waals surface area contributed by atoms with Gasteiger partial charge in [-0.2, -0.15) is 0 Å². The summed E-state index contributed by atoms with van der Waals surface area (Å²) in [5.74, 6) is -0.264. The first-order valence-corrected chi connectivity index (χ1v) is 16.9. The number of rotatable bonds is 12. The monoisotopic (exact) mass is 649 g/mol. The Labute approximate surface area is 286 Å². The van der Waals surface area contributed by atoms with Crippen LogP contribution in [0.4, 0.5) is 10.5 Å². The van der Waals surface area contributed by atoms with Gasteiger partial charge in [-0.3, -0.25) is 9.59 Å². The van der Waals surface area contributed by atoms with E-state index < -0.39 is 23.8 Å². The number of alkyl carbamates (subject to hydrolysis) is 1. The second kappa shape index (κ2) is 16.0. The number of hydrogen-bond acceptors (Lipinski definition) is 4. The number of amides is 3. The summed E-state index contributed by atoms with van der Waals surface area (Å²) >= 11 is 0.